The first kappa shape index (κ1) is 20.7. The van der Waals surface area contributed by atoms with Crippen LogP contribution in [-0.4, -0.2) is 36.0 Å². The molecule has 0 atom stereocenters. The number of benzene rings is 2. The van der Waals surface area contributed by atoms with E-state index in [0.717, 1.165) is 33.5 Å². The lowest BCUT2D eigenvalue weighted by molar-refractivity contribution is 0.0751. The van der Waals surface area contributed by atoms with Gasteiger partial charge in [0, 0.05) is 54.7 Å². The quantitative estimate of drug-likeness (QED) is 0.391. The van der Waals surface area contributed by atoms with Gasteiger partial charge in [-0.25, -0.2) is 9.97 Å². The standard InChI is InChI=1S/C27H21N7O/c35-27(20-2-1-10-28-13-20)34-16-21-4-3-19(12-22(21)17-34)26-29-11-9-25(33-26)32-24-7-5-18(6-8-24)23-14-30-31-15-23/h1-15H,16-17H2,(H,30,31)(H,29,32,33). The number of nitrogens with one attached hydrogen (secondary N) is 2. The molecule has 0 spiro atoms. The highest BCUT2D eigenvalue weighted by molar-refractivity contribution is 5.94. The van der Waals surface area contributed by atoms with Crippen LogP contribution in [0, 0.1) is 0 Å². The van der Waals surface area contributed by atoms with Crippen molar-refractivity contribution in [3.8, 4) is 22.5 Å². The summed E-state index contributed by atoms with van der Waals surface area (Å²) in [6, 6.07) is 19.6. The Kier molecular flexibility index (Phi) is 5.23. The summed E-state index contributed by atoms with van der Waals surface area (Å²) in [6.45, 7) is 1.14. The van der Waals surface area contributed by atoms with Crippen LogP contribution in [0.15, 0.2) is 91.6 Å². The lowest BCUT2D eigenvalue weighted by Gasteiger charge is -2.14. The van der Waals surface area contributed by atoms with Crippen LogP contribution >= 0.6 is 0 Å². The number of rotatable bonds is 5. The van der Waals surface area contributed by atoms with Crippen molar-refractivity contribution in [2.24, 2.45) is 0 Å². The zero-order chi connectivity index (χ0) is 23.6. The van der Waals surface area contributed by atoms with Gasteiger partial charge in [0.05, 0.1) is 11.8 Å². The summed E-state index contributed by atoms with van der Waals surface area (Å²) in [7, 11) is 0. The van der Waals surface area contributed by atoms with Gasteiger partial charge in [-0.2, -0.15) is 5.10 Å². The van der Waals surface area contributed by atoms with E-state index < -0.39 is 0 Å². The van der Waals surface area contributed by atoms with Crippen molar-refractivity contribution in [1.82, 2.24) is 30.0 Å². The second-order valence-corrected chi connectivity index (χ2v) is 8.34. The van der Waals surface area contributed by atoms with Crippen molar-refractivity contribution in [1.29, 1.82) is 0 Å². The number of anilines is 2. The fraction of sp³-hybridized carbons (Fsp3) is 0.0741. The Bertz CT molecular complexity index is 1480. The molecule has 1 amide bonds. The monoisotopic (exact) mass is 459 g/mol. The topological polar surface area (TPSA) is 99.7 Å². The molecule has 6 rings (SSSR count). The summed E-state index contributed by atoms with van der Waals surface area (Å²) in [4.78, 5) is 27.9. The van der Waals surface area contributed by atoms with Gasteiger partial charge in [-0.1, -0.05) is 24.3 Å². The molecule has 0 aliphatic carbocycles. The second-order valence-electron chi connectivity index (χ2n) is 8.34. The van der Waals surface area contributed by atoms with Crippen LogP contribution < -0.4 is 5.32 Å². The van der Waals surface area contributed by atoms with E-state index in [4.69, 9.17) is 4.98 Å². The number of aromatic nitrogens is 5. The molecule has 4 heterocycles. The molecule has 1 aliphatic heterocycles. The molecule has 2 N–H and O–H groups in total. The molecule has 0 saturated carbocycles. The van der Waals surface area contributed by atoms with Crippen LogP contribution in [0.25, 0.3) is 22.5 Å². The van der Waals surface area contributed by atoms with Gasteiger partial charge in [-0.15, -0.1) is 0 Å². The van der Waals surface area contributed by atoms with Crippen LogP contribution in [0.3, 0.4) is 0 Å². The molecule has 3 aromatic heterocycles. The molecule has 35 heavy (non-hydrogen) atoms. The number of hydrogen-bond acceptors (Lipinski definition) is 6. The van der Waals surface area contributed by atoms with Gasteiger partial charge in [-0.05, 0) is 53.1 Å². The molecule has 0 fully saturated rings. The number of fused-ring (bicyclic) bond motifs is 1. The summed E-state index contributed by atoms with van der Waals surface area (Å²) in [5, 5.41) is 10.2. The van der Waals surface area contributed by atoms with Crippen molar-refractivity contribution >= 4 is 17.4 Å². The molecular weight excluding hydrogens is 438 g/mol. The number of hydrogen-bond donors (Lipinski definition) is 2. The molecule has 5 aromatic rings. The van der Waals surface area contributed by atoms with E-state index in [1.54, 1.807) is 36.9 Å². The number of amides is 1. The molecule has 0 unspecified atom stereocenters. The lowest BCUT2D eigenvalue weighted by atomic mass is 10.1. The Morgan fingerprint density at radius 2 is 1.74 bits per heavy atom. The summed E-state index contributed by atoms with van der Waals surface area (Å²) in [5.74, 6) is 1.32. The minimum absolute atomic E-state index is 0.0166. The summed E-state index contributed by atoms with van der Waals surface area (Å²) < 4.78 is 0. The Labute approximate surface area is 201 Å². The summed E-state index contributed by atoms with van der Waals surface area (Å²) >= 11 is 0. The predicted molar refractivity (Wildman–Crippen MR) is 133 cm³/mol. The van der Waals surface area contributed by atoms with Crippen LogP contribution in [-0.2, 0) is 13.1 Å². The van der Waals surface area contributed by atoms with Crippen LogP contribution in [0.1, 0.15) is 21.5 Å². The number of nitrogens with zero attached hydrogens (tertiary/aromatic N) is 5. The molecule has 0 bridgehead atoms. The highest BCUT2D eigenvalue weighted by Gasteiger charge is 2.25. The Morgan fingerprint density at radius 1 is 0.886 bits per heavy atom. The number of carbonyl (C=O) groups excluding carboxylic acids is 1. The van der Waals surface area contributed by atoms with Crippen molar-refractivity contribution in [3.05, 3.63) is 108 Å². The smallest absolute Gasteiger partial charge is 0.256 e. The maximum Gasteiger partial charge on any atom is 0.256 e. The van der Waals surface area contributed by atoms with E-state index >= 15 is 0 Å². The maximum absolute atomic E-state index is 12.8. The maximum atomic E-state index is 12.8. The van der Waals surface area contributed by atoms with Gasteiger partial charge in [0.1, 0.15) is 5.82 Å². The third kappa shape index (κ3) is 4.24. The second kappa shape index (κ2) is 8.83. The third-order valence-corrected chi connectivity index (χ3v) is 6.03. The number of pyridine rings is 1. The van der Waals surface area contributed by atoms with E-state index in [0.29, 0.717) is 30.3 Å². The van der Waals surface area contributed by atoms with Crippen molar-refractivity contribution < 1.29 is 4.79 Å². The highest BCUT2D eigenvalue weighted by Crippen LogP contribution is 2.29. The van der Waals surface area contributed by atoms with E-state index in [-0.39, 0.29) is 5.91 Å². The first-order chi connectivity index (χ1) is 17.2. The normalized spacial score (nSPS) is 12.4. The fourth-order valence-electron chi connectivity index (χ4n) is 4.22. The summed E-state index contributed by atoms with van der Waals surface area (Å²) in [5.41, 5.74) is 6.81. The molecule has 0 saturated heterocycles. The molecule has 2 aromatic carbocycles. The van der Waals surface area contributed by atoms with Crippen molar-refractivity contribution in [2.45, 2.75) is 13.1 Å². The van der Waals surface area contributed by atoms with Crippen LogP contribution in [0.4, 0.5) is 11.5 Å². The minimum atomic E-state index is -0.0166. The third-order valence-electron chi connectivity index (χ3n) is 6.03. The van der Waals surface area contributed by atoms with Gasteiger partial charge >= 0.3 is 0 Å². The van der Waals surface area contributed by atoms with Gasteiger partial charge in [0.25, 0.3) is 5.91 Å². The van der Waals surface area contributed by atoms with Crippen molar-refractivity contribution in [3.63, 3.8) is 0 Å². The lowest BCUT2D eigenvalue weighted by Crippen LogP contribution is -2.25. The Hall–Kier alpha value is -4.85. The molecule has 1 aliphatic rings. The molecule has 8 nitrogen and oxygen atoms in total. The van der Waals surface area contributed by atoms with Gasteiger partial charge in [-0.3, -0.25) is 14.9 Å². The van der Waals surface area contributed by atoms with Gasteiger partial charge in [0.15, 0.2) is 5.82 Å². The number of H-pyrrole nitrogens is 1. The zero-order valence-electron chi connectivity index (χ0n) is 18.7. The number of carbonyl (C=O) groups is 1. The predicted octanol–water partition coefficient (Wildman–Crippen LogP) is 4.83. The van der Waals surface area contributed by atoms with E-state index in [1.165, 1.54) is 0 Å². The molecular formula is C27H21N7O. The van der Waals surface area contributed by atoms with Crippen molar-refractivity contribution in [2.75, 3.05) is 5.32 Å². The number of aromatic amines is 1. The van der Waals surface area contributed by atoms with Gasteiger partial charge in [0.2, 0.25) is 0 Å². The van der Waals surface area contributed by atoms with E-state index in [1.807, 2.05) is 47.5 Å². The van der Waals surface area contributed by atoms with Gasteiger partial charge < -0.3 is 10.2 Å². The van der Waals surface area contributed by atoms with E-state index in [9.17, 15) is 4.79 Å². The molecule has 8 heteroatoms. The Morgan fingerprint density at radius 3 is 2.54 bits per heavy atom. The fourth-order valence-corrected chi connectivity index (χ4v) is 4.22. The average molecular weight is 460 g/mol. The molecule has 170 valence electrons. The largest absolute Gasteiger partial charge is 0.340 e. The summed E-state index contributed by atoms with van der Waals surface area (Å²) in [6.07, 6.45) is 8.68. The zero-order valence-corrected chi connectivity index (χ0v) is 18.7. The Balaban J connectivity index is 1.18. The van der Waals surface area contributed by atoms with E-state index in [2.05, 4.69) is 37.6 Å². The van der Waals surface area contributed by atoms with Crippen LogP contribution in [0.5, 0.6) is 0 Å². The van der Waals surface area contributed by atoms with Crippen LogP contribution in [0.2, 0.25) is 0 Å². The molecule has 0 radical (unpaired) electrons. The highest BCUT2D eigenvalue weighted by atomic mass is 16.2. The minimum Gasteiger partial charge on any atom is -0.340 e. The average Bonchev–Trinajstić information content (AvgIpc) is 3.59. The SMILES string of the molecule is O=C(c1cccnc1)N1Cc2ccc(-c3nccc(Nc4ccc(-c5cn[nH]c5)cc4)n3)cc2C1. The first-order valence-corrected chi connectivity index (χ1v) is 11.2. The first-order valence-electron chi connectivity index (χ1n) is 11.2.